The molecule has 3 aromatic rings. The van der Waals surface area contributed by atoms with Gasteiger partial charge in [0, 0.05) is 18.7 Å². The van der Waals surface area contributed by atoms with E-state index in [0.29, 0.717) is 11.4 Å². The van der Waals surface area contributed by atoms with Crippen LogP contribution in [-0.4, -0.2) is 27.2 Å². The van der Waals surface area contributed by atoms with Crippen LogP contribution in [0.4, 0.5) is 0 Å². The number of benzene rings is 1. The number of carbonyl (C=O) groups is 1. The molecule has 1 aliphatic heterocycles. The van der Waals surface area contributed by atoms with Gasteiger partial charge in [0.1, 0.15) is 4.88 Å². The van der Waals surface area contributed by atoms with Gasteiger partial charge in [0.25, 0.3) is 5.91 Å². The molecule has 1 amide bonds. The topological polar surface area (TPSA) is 71.8 Å². The summed E-state index contributed by atoms with van der Waals surface area (Å²) in [4.78, 5) is 17.9. The van der Waals surface area contributed by atoms with Crippen molar-refractivity contribution < 1.29 is 4.79 Å². The molecule has 4 rings (SSSR count). The molecular weight excluding hydrogens is 334 g/mol. The fraction of sp³-hybridized carbons (Fsp3) is 0.278. The Bertz CT molecular complexity index is 876. The van der Waals surface area contributed by atoms with Crippen molar-refractivity contribution >= 4 is 17.2 Å². The molecule has 0 unspecified atom stereocenters. The molecule has 128 valence electrons. The number of carbonyl (C=O) groups excluding carboxylic acids is 1. The molecule has 2 aromatic heterocycles. The van der Waals surface area contributed by atoms with Crippen LogP contribution >= 0.6 is 11.3 Å². The standard InChI is InChI=1S/C18H19N5OS/c1-12-21-16(13-5-3-2-4-6-13)17(25-12)18(24)20-10-14-9-15-11-19-7-8-23(15)22-14/h2-6,9,19H,7-8,10-11H2,1H3,(H,20,24). The Morgan fingerprint density at radius 1 is 1.36 bits per heavy atom. The van der Waals surface area contributed by atoms with Crippen LogP contribution in [0, 0.1) is 6.92 Å². The van der Waals surface area contributed by atoms with E-state index in [-0.39, 0.29) is 5.91 Å². The average Bonchev–Trinajstić information content (AvgIpc) is 3.23. The van der Waals surface area contributed by atoms with Crippen molar-refractivity contribution in [3.8, 4) is 11.3 Å². The SMILES string of the molecule is Cc1nc(-c2ccccc2)c(C(=O)NCc2cc3n(n2)CCNC3)s1. The van der Waals surface area contributed by atoms with Crippen molar-refractivity contribution in [2.24, 2.45) is 0 Å². The second-order valence-corrected chi connectivity index (χ2v) is 7.19. The molecule has 25 heavy (non-hydrogen) atoms. The Morgan fingerprint density at radius 2 is 2.20 bits per heavy atom. The van der Waals surface area contributed by atoms with Crippen LogP contribution in [0.2, 0.25) is 0 Å². The van der Waals surface area contributed by atoms with E-state index in [1.54, 1.807) is 0 Å². The molecule has 0 saturated heterocycles. The molecule has 3 heterocycles. The van der Waals surface area contributed by atoms with Gasteiger partial charge in [0.15, 0.2) is 0 Å². The Morgan fingerprint density at radius 3 is 3.00 bits per heavy atom. The number of nitrogens with zero attached hydrogens (tertiary/aromatic N) is 3. The Balaban J connectivity index is 1.51. The normalized spacial score (nSPS) is 13.5. The summed E-state index contributed by atoms with van der Waals surface area (Å²) in [6, 6.07) is 11.9. The molecule has 1 aliphatic rings. The first-order valence-electron chi connectivity index (χ1n) is 8.28. The van der Waals surface area contributed by atoms with E-state index in [0.717, 1.165) is 47.3 Å². The number of aryl methyl sites for hydroxylation is 1. The lowest BCUT2D eigenvalue weighted by molar-refractivity contribution is 0.0955. The van der Waals surface area contributed by atoms with E-state index in [4.69, 9.17) is 0 Å². The highest BCUT2D eigenvalue weighted by Gasteiger charge is 2.19. The molecular formula is C18H19N5OS. The molecule has 0 fully saturated rings. The van der Waals surface area contributed by atoms with Gasteiger partial charge in [-0.05, 0) is 13.0 Å². The molecule has 1 aromatic carbocycles. The Kier molecular flexibility index (Phi) is 4.33. The summed E-state index contributed by atoms with van der Waals surface area (Å²) in [7, 11) is 0. The predicted molar refractivity (Wildman–Crippen MR) is 97.4 cm³/mol. The highest BCUT2D eigenvalue weighted by molar-refractivity contribution is 7.14. The van der Waals surface area contributed by atoms with Crippen molar-refractivity contribution in [3.63, 3.8) is 0 Å². The van der Waals surface area contributed by atoms with Crippen LogP contribution in [0.1, 0.15) is 26.1 Å². The maximum Gasteiger partial charge on any atom is 0.263 e. The number of rotatable bonds is 4. The lowest BCUT2D eigenvalue weighted by atomic mass is 10.1. The van der Waals surface area contributed by atoms with Gasteiger partial charge in [-0.3, -0.25) is 9.48 Å². The van der Waals surface area contributed by atoms with Gasteiger partial charge in [0.05, 0.1) is 35.2 Å². The maximum absolute atomic E-state index is 12.7. The number of hydrogen-bond acceptors (Lipinski definition) is 5. The minimum Gasteiger partial charge on any atom is -0.346 e. The zero-order chi connectivity index (χ0) is 17.2. The molecule has 0 atom stereocenters. The monoisotopic (exact) mass is 353 g/mol. The van der Waals surface area contributed by atoms with Gasteiger partial charge in [-0.2, -0.15) is 5.10 Å². The third kappa shape index (κ3) is 3.33. The first kappa shape index (κ1) is 16.0. The maximum atomic E-state index is 12.7. The van der Waals surface area contributed by atoms with Crippen LogP contribution in [0.3, 0.4) is 0 Å². The number of nitrogens with one attached hydrogen (secondary N) is 2. The zero-order valence-electron chi connectivity index (χ0n) is 14.0. The summed E-state index contributed by atoms with van der Waals surface area (Å²) < 4.78 is 2.00. The van der Waals surface area contributed by atoms with Crippen molar-refractivity contribution in [1.82, 2.24) is 25.4 Å². The van der Waals surface area contributed by atoms with Crippen molar-refractivity contribution in [2.45, 2.75) is 26.6 Å². The van der Waals surface area contributed by atoms with Gasteiger partial charge in [-0.1, -0.05) is 30.3 Å². The largest absolute Gasteiger partial charge is 0.346 e. The summed E-state index contributed by atoms with van der Waals surface area (Å²) in [6.45, 7) is 4.97. The quantitative estimate of drug-likeness (QED) is 0.755. The number of aromatic nitrogens is 3. The molecule has 0 saturated carbocycles. The first-order valence-corrected chi connectivity index (χ1v) is 9.10. The second-order valence-electron chi connectivity index (χ2n) is 5.99. The van der Waals surface area contributed by atoms with E-state index in [1.165, 1.54) is 11.3 Å². The average molecular weight is 353 g/mol. The predicted octanol–water partition coefficient (Wildman–Crippen LogP) is 2.35. The molecule has 0 bridgehead atoms. The molecule has 7 heteroatoms. The summed E-state index contributed by atoms with van der Waals surface area (Å²) in [5.41, 5.74) is 3.75. The Labute approximate surface area is 149 Å². The highest BCUT2D eigenvalue weighted by Crippen LogP contribution is 2.27. The van der Waals surface area contributed by atoms with Crippen molar-refractivity contribution in [1.29, 1.82) is 0 Å². The molecule has 2 N–H and O–H groups in total. The van der Waals surface area contributed by atoms with Gasteiger partial charge in [-0.25, -0.2) is 4.98 Å². The highest BCUT2D eigenvalue weighted by atomic mass is 32.1. The van der Waals surface area contributed by atoms with E-state index in [2.05, 4.69) is 20.7 Å². The van der Waals surface area contributed by atoms with Gasteiger partial charge >= 0.3 is 0 Å². The lowest BCUT2D eigenvalue weighted by Crippen LogP contribution is -2.28. The van der Waals surface area contributed by atoms with E-state index >= 15 is 0 Å². The lowest BCUT2D eigenvalue weighted by Gasteiger charge is -2.13. The summed E-state index contributed by atoms with van der Waals surface area (Å²) in [5.74, 6) is -0.103. The molecule has 6 nitrogen and oxygen atoms in total. The fourth-order valence-electron chi connectivity index (χ4n) is 2.96. The van der Waals surface area contributed by atoms with Gasteiger partial charge < -0.3 is 10.6 Å². The minimum atomic E-state index is -0.103. The third-order valence-corrected chi connectivity index (χ3v) is 5.11. The van der Waals surface area contributed by atoms with E-state index in [1.807, 2.05) is 48.0 Å². The fourth-order valence-corrected chi connectivity index (χ4v) is 3.82. The van der Waals surface area contributed by atoms with Gasteiger partial charge in [0.2, 0.25) is 0 Å². The van der Waals surface area contributed by atoms with Gasteiger partial charge in [-0.15, -0.1) is 11.3 Å². The number of fused-ring (bicyclic) bond motifs is 1. The number of hydrogen-bond donors (Lipinski definition) is 2. The number of amides is 1. The zero-order valence-corrected chi connectivity index (χ0v) is 14.8. The van der Waals surface area contributed by atoms with Crippen molar-refractivity contribution in [3.05, 3.63) is 57.7 Å². The van der Waals surface area contributed by atoms with E-state index < -0.39 is 0 Å². The molecule has 0 radical (unpaired) electrons. The van der Waals surface area contributed by atoms with Crippen LogP contribution in [0.5, 0.6) is 0 Å². The van der Waals surface area contributed by atoms with Crippen LogP contribution in [0.15, 0.2) is 36.4 Å². The molecule has 0 aliphatic carbocycles. The third-order valence-electron chi connectivity index (χ3n) is 4.14. The van der Waals surface area contributed by atoms with Crippen LogP contribution < -0.4 is 10.6 Å². The smallest absolute Gasteiger partial charge is 0.263 e. The van der Waals surface area contributed by atoms with Crippen molar-refractivity contribution in [2.75, 3.05) is 6.54 Å². The van der Waals surface area contributed by atoms with E-state index in [9.17, 15) is 4.79 Å². The second kappa shape index (κ2) is 6.78. The van der Waals surface area contributed by atoms with Crippen LogP contribution in [-0.2, 0) is 19.6 Å². The first-order chi connectivity index (χ1) is 12.2. The summed E-state index contributed by atoms with van der Waals surface area (Å²) in [6.07, 6.45) is 0. The number of thiazole rings is 1. The van der Waals surface area contributed by atoms with Crippen LogP contribution in [0.25, 0.3) is 11.3 Å². The molecule has 0 spiro atoms. The minimum absolute atomic E-state index is 0.103. The summed E-state index contributed by atoms with van der Waals surface area (Å²) in [5, 5.41) is 11.7. The summed E-state index contributed by atoms with van der Waals surface area (Å²) >= 11 is 1.42. The Hall–Kier alpha value is -2.51.